The van der Waals surface area contributed by atoms with E-state index in [2.05, 4.69) is 19.1 Å². The van der Waals surface area contributed by atoms with E-state index in [1.807, 2.05) is 78.9 Å². The smallest absolute Gasteiger partial charge is 0.338 e. The van der Waals surface area contributed by atoms with Gasteiger partial charge in [0.25, 0.3) is 0 Å². The van der Waals surface area contributed by atoms with Crippen molar-refractivity contribution in [3.8, 4) is 0 Å². The van der Waals surface area contributed by atoms with Gasteiger partial charge in [-0.1, -0.05) is 104 Å². The molecule has 3 heteroatoms. The van der Waals surface area contributed by atoms with E-state index < -0.39 is 11.6 Å². The van der Waals surface area contributed by atoms with Crippen LogP contribution in [0.25, 0.3) is 0 Å². The van der Waals surface area contributed by atoms with E-state index in [0.29, 0.717) is 12.0 Å². The fourth-order valence-electron chi connectivity index (χ4n) is 5.03. The summed E-state index contributed by atoms with van der Waals surface area (Å²) in [5.41, 5.74) is 2.93. The highest BCUT2D eigenvalue weighted by atomic mass is 16.6. The van der Waals surface area contributed by atoms with Crippen molar-refractivity contribution in [3.63, 3.8) is 0 Å². The minimum absolute atomic E-state index is 0.164. The lowest BCUT2D eigenvalue weighted by Gasteiger charge is -2.39. The molecule has 0 saturated heterocycles. The number of hydrogen-bond donors (Lipinski definition) is 1. The molecule has 1 aliphatic heterocycles. The first kappa shape index (κ1) is 22.8. The number of carbonyl (C=O) groups is 1. The Labute approximate surface area is 196 Å². The quantitative estimate of drug-likeness (QED) is 0.360. The molecule has 1 heterocycles. The molecule has 33 heavy (non-hydrogen) atoms. The molecule has 170 valence electrons. The summed E-state index contributed by atoms with van der Waals surface area (Å²) in [6, 6.07) is 30.1. The molecule has 3 aromatic rings. The molecule has 0 fully saturated rings. The largest absolute Gasteiger partial charge is 0.512 e. The van der Waals surface area contributed by atoms with Crippen LogP contribution in [0.3, 0.4) is 0 Å². The van der Waals surface area contributed by atoms with Gasteiger partial charge in [0, 0.05) is 12.3 Å². The van der Waals surface area contributed by atoms with Gasteiger partial charge >= 0.3 is 5.97 Å². The molecular formula is C30H32O3. The zero-order chi connectivity index (χ0) is 23.1. The number of benzene rings is 3. The lowest BCUT2D eigenvalue weighted by molar-refractivity contribution is -0.161. The Morgan fingerprint density at radius 3 is 1.91 bits per heavy atom. The van der Waals surface area contributed by atoms with Gasteiger partial charge in [-0.3, -0.25) is 0 Å². The van der Waals surface area contributed by atoms with E-state index in [4.69, 9.17) is 4.74 Å². The highest BCUT2D eigenvalue weighted by Gasteiger charge is 2.43. The van der Waals surface area contributed by atoms with Crippen molar-refractivity contribution >= 4 is 5.97 Å². The highest BCUT2D eigenvalue weighted by Crippen LogP contribution is 2.43. The Kier molecular flexibility index (Phi) is 7.29. The molecule has 0 spiro atoms. The first-order chi connectivity index (χ1) is 16.1. The van der Waals surface area contributed by atoms with Gasteiger partial charge in [-0.15, -0.1) is 0 Å². The fourth-order valence-corrected chi connectivity index (χ4v) is 5.03. The van der Waals surface area contributed by atoms with E-state index >= 15 is 0 Å². The SMILES string of the molecule is CCCC1(CCCc2ccccc2)CC(O)=C(C(c2ccccc2)c2ccccc2)C(=O)O1. The van der Waals surface area contributed by atoms with Crippen LogP contribution in [-0.2, 0) is 16.0 Å². The predicted octanol–water partition coefficient (Wildman–Crippen LogP) is 7.14. The summed E-state index contributed by atoms with van der Waals surface area (Å²) >= 11 is 0. The maximum absolute atomic E-state index is 13.5. The number of aliphatic hydroxyl groups excluding tert-OH is 1. The molecule has 0 bridgehead atoms. The Hall–Kier alpha value is -3.33. The topological polar surface area (TPSA) is 46.5 Å². The van der Waals surface area contributed by atoms with E-state index in [0.717, 1.165) is 43.2 Å². The number of hydrogen-bond acceptors (Lipinski definition) is 3. The third-order valence-electron chi connectivity index (χ3n) is 6.53. The third kappa shape index (κ3) is 5.36. The highest BCUT2D eigenvalue weighted by molar-refractivity contribution is 5.93. The number of cyclic esters (lactones) is 1. The number of ether oxygens (including phenoxy) is 1. The summed E-state index contributed by atoms with van der Waals surface area (Å²) in [7, 11) is 0. The van der Waals surface area contributed by atoms with Gasteiger partial charge in [0.15, 0.2) is 0 Å². The van der Waals surface area contributed by atoms with Crippen LogP contribution in [-0.4, -0.2) is 16.7 Å². The van der Waals surface area contributed by atoms with Crippen LogP contribution >= 0.6 is 0 Å². The molecule has 0 saturated carbocycles. The minimum Gasteiger partial charge on any atom is -0.512 e. The Balaban J connectivity index is 1.63. The van der Waals surface area contributed by atoms with Crippen LogP contribution in [0.1, 0.15) is 61.6 Å². The first-order valence-electron chi connectivity index (χ1n) is 11.9. The zero-order valence-corrected chi connectivity index (χ0v) is 19.2. The Morgan fingerprint density at radius 1 is 0.848 bits per heavy atom. The molecule has 1 aliphatic rings. The van der Waals surface area contributed by atoms with Crippen molar-refractivity contribution in [1.29, 1.82) is 0 Å². The second-order valence-corrected chi connectivity index (χ2v) is 8.95. The standard InChI is InChI=1S/C30H32O3/c1-2-20-30(21-12-15-23-13-6-3-7-14-23)22-26(31)28(29(32)33-30)27(24-16-8-4-9-17-24)25-18-10-5-11-19-25/h3-11,13-14,16-19,27,31H,2,12,15,20-22H2,1H3. The van der Waals surface area contributed by atoms with Crippen molar-refractivity contribution in [1.82, 2.24) is 0 Å². The number of rotatable bonds is 9. The fraction of sp³-hybridized carbons (Fsp3) is 0.300. The van der Waals surface area contributed by atoms with Crippen LogP contribution in [0, 0.1) is 0 Å². The van der Waals surface area contributed by atoms with Gasteiger partial charge in [-0.05, 0) is 42.4 Å². The molecule has 0 amide bonds. The van der Waals surface area contributed by atoms with E-state index in [1.54, 1.807) is 0 Å². The number of aryl methyl sites for hydroxylation is 1. The van der Waals surface area contributed by atoms with Gasteiger partial charge in [0.05, 0.1) is 5.57 Å². The summed E-state index contributed by atoms with van der Waals surface area (Å²) in [5.74, 6) is -0.592. The molecule has 0 aromatic heterocycles. The molecule has 1 unspecified atom stereocenters. The maximum Gasteiger partial charge on any atom is 0.338 e. The van der Waals surface area contributed by atoms with Gasteiger partial charge in [0.2, 0.25) is 0 Å². The molecule has 0 aliphatic carbocycles. The molecule has 0 radical (unpaired) electrons. The van der Waals surface area contributed by atoms with Crippen molar-refractivity contribution < 1.29 is 14.6 Å². The van der Waals surface area contributed by atoms with Gasteiger partial charge < -0.3 is 9.84 Å². The molecule has 3 aromatic carbocycles. The Morgan fingerprint density at radius 2 is 1.39 bits per heavy atom. The lowest BCUT2D eigenvalue weighted by Crippen LogP contribution is -2.41. The maximum atomic E-state index is 13.5. The number of esters is 1. The molecule has 4 rings (SSSR count). The summed E-state index contributed by atoms with van der Waals surface area (Å²) < 4.78 is 6.20. The van der Waals surface area contributed by atoms with Crippen LogP contribution in [0.5, 0.6) is 0 Å². The second-order valence-electron chi connectivity index (χ2n) is 8.95. The summed E-state index contributed by atoms with van der Waals surface area (Å²) in [4.78, 5) is 13.5. The molecular weight excluding hydrogens is 408 g/mol. The van der Waals surface area contributed by atoms with E-state index in [-0.39, 0.29) is 11.7 Å². The summed E-state index contributed by atoms with van der Waals surface area (Å²) in [5, 5.41) is 11.3. The van der Waals surface area contributed by atoms with Gasteiger partial charge in [-0.2, -0.15) is 0 Å². The van der Waals surface area contributed by atoms with Crippen molar-refractivity contribution in [3.05, 3.63) is 119 Å². The minimum atomic E-state index is -0.647. The van der Waals surface area contributed by atoms with Gasteiger partial charge in [-0.25, -0.2) is 4.79 Å². The number of aliphatic hydroxyl groups is 1. The van der Waals surface area contributed by atoms with E-state index in [1.165, 1.54) is 5.56 Å². The third-order valence-corrected chi connectivity index (χ3v) is 6.53. The average molecular weight is 441 g/mol. The normalized spacial score (nSPS) is 18.4. The van der Waals surface area contributed by atoms with Crippen molar-refractivity contribution in [2.75, 3.05) is 0 Å². The summed E-state index contributed by atoms with van der Waals surface area (Å²) in [6.07, 6.45) is 4.57. The zero-order valence-electron chi connectivity index (χ0n) is 19.2. The Bertz CT molecular complexity index is 1030. The van der Waals surface area contributed by atoms with Crippen LogP contribution in [0.2, 0.25) is 0 Å². The second kappa shape index (κ2) is 10.5. The van der Waals surface area contributed by atoms with Crippen molar-refractivity contribution in [2.24, 2.45) is 0 Å². The monoisotopic (exact) mass is 440 g/mol. The first-order valence-corrected chi connectivity index (χ1v) is 11.9. The van der Waals surface area contributed by atoms with Crippen LogP contribution in [0.15, 0.2) is 102 Å². The predicted molar refractivity (Wildman–Crippen MR) is 132 cm³/mol. The van der Waals surface area contributed by atoms with Crippen molar-refractivity contribution in [2.45, 2.75) is 57.0 Å². The van der Waals surface area contributed by atoms with E-state index in [9.17, 15) is 9.90 Å². The van der Waals surface area contributed by atoms with Crippen LogP contribution in [0.4, 0.5) is 0 Å². The average Bonchev–Trinajstić information content (AvgIpc) is 2.83. The lowest BCUT2D eigenvalue weighted by atomic mass is 9.78. The molecule has 1 N–H and O–H groups in total. The summed E-state index contributed by atoms with van der Waals surface area (Å²) in [6.45, 7) is 2.10. The number of carbonyl (C=O) groups excluding carboxylic acids is 1. The van der Waals surface area contributed by atoms with Crippen LogP contribution < -0.4 is 0 Å². The molecule has 3 nitrogen and oxygen atoms in total. The van der Waals surface area contributed by atoms with Gasteiger partial charge in [0.1, 0.15) is 11.4 Å². The molecule has 1 atom stereocenters.